The predicted molar refractivity (Wildman–Crippen MR) is 124 cm³/mol. The summed E-state index contributed by atoms with van der Waals surface area (Å²) < 4.78 is 6.84. The molecule has 1 aromatic carbocycles. The van der Waals surface area contributed by atoms with Gasteiger partial charge in [-0.05, 0) is 42.9 Å². The van der Waals surface area contributed by atoms with Crippen LogP contribution in [0.1, 0.15) is 76.8 Å². The predicted octanol–water partition coefficient (Wildman–Crippen LogP) is 5.39. The van der Waals surface area contributed by atoms with Crippen molar-refractivity contribution in [1.82, 2.24) is 4.90 Å². The summed E-state index contributed by atoms with van der Waals surface area (Å²) in [5.41, 5.74) is 2.49. The van der Waals surface area contributed by atoms with Crippen LogP contribution in [0, 0.1) is 6.92 Å². The first-order valence-corrected chi connectivity index (χ1v) is 11.5. The Morgan fingerprint density at radius 3 is 2.24 bits per heavy atom. The monoisotopic (exact) mass is 405 g/mol. The number of amides is 1. The zero-order valence-electron chi connectivity index (χ0n) is 20.1. The molecular weight excluding hydrogens is 360 g/mol. The van der Waals surface area contributed by atoms with E-state index in [2.05, 4.69) is 71.8 Å². The Hall–Kier alpha value is -1.55. The van der Waals surface area contributed by atoms with Gasteiger partial charge >= 0.3 is 0 Å². The molecule has 0 aliphatic heterocycles. The first kappa shape index (κ1) is 25.5. The molecule has 1 amide bonds. The van der Waals surface area contributed by atoms with Gasteiger partial charge in [-0.1, -0.05) is 52.7 Å². The van der Waals surface area contributed by atoms with Crippen LogP contribution in [0.4, 0.5) is 0 Å². The minimum absolute atomic E-state index is 0.290. The molecule has 0 unspecified atom stereocenters. The average Bonchev–Trinajstić information content (AvgIpc) is 2.64. The smallest absolute Gasteiger partial charge is 0.277 e. The SMILES string of the molecule is CCCCN(CCCC)C(=O)C[N+](C)(C)CCCOc1cc(C)ccc1C(C)C. The lowest BCUT2D eigenvalue weighted by Crippen LogP contribution is -2.49. The lowest BCUT2D eigenvalue weighted by molar-refractivity contribution is -0.882. The number of carbonyl (C=O) groups excluding carboxylic acids is 1. The third-order valence-electron chi connectivity index (χ3n) is 5.44. The van der Waals surface area contributed by atoms with E-state index in [9.17, 15) is 4.79 Å². The van der Waals surface area contributed by atoms with E-state index in [0.29, 0.717) is 29.5 Å². The Morgan fingerprint density at radius 2 is 1.69 bits per heavy atom. The van der Waals surface area contributed by atoms with Crippen LogP contribution in [0.2, 0.25) is 0 Å². The molecular formula is C25H45N2O2+. The molecule has 0 aliphatic carbocycles. The van der Waals surface area contributed by atoms with E-state index in [4.69, 9.17) is 4.74 Å². The molecule has 0 saturated carbocycles. The first-order valence-electron chi connectivity index (χ1n) is 11.5. The normalized spacial score (nSPS) is 11.7. The highest BCUT2D eigenvalue weighted by molar-refractivity contribution is 5.77. The van der Waals surface area contributed by atoms with Gasteiger partial charge in [-0.2, -0.15) is 0 Å². The molecule has 0 bridgehead atoms. The number of ether oxygens (including phenoxy) is 1. The fourth-order valence-corrected chi connectivity index (χ4v) is 3.52. The molecule has 0 atom stereocenters. The number of likely N-dealkylation sites (N-methyl/N-ethyl adjacent to an activating group) is 1. The first-order chi connectivity index (χ1) is 13.7. The summed E-state index contributed by atoms with van der Waals surface area (Å²) >= 11 is 0. The highest BCUT2D eigenvalue weighted by atomic mass is 16.5. The summed E-state index contributed by atoms with van der Waals surface area (Å²) in [5.74, 6) is 1.75. The number of rotatable bonds is 14. The summed E-state index contributed by atoms with van der Waals surface area (Å²) in [6.07, 6.45) is 5.37. The van der Waals surface area contributed by atoms with Gasteiger partial charge in [0, 0.05) is 19.5 Å². The molecule has 0 aromatic heterocycles. The second-order valence-electron chi connectivity index (χ2n) is 9.30. The van der Waals surface area contributed by atoms with Crippen LogP contribution < -0.4 is 4.74 Å². The van der Waals surface area contributed by atoms with Crippen molar-refractivity contribution in [2.75, 3.05) is 46.9 Å². The van der Waals surface area contributed by atoms with E-state index in [-0.39, 0.29) is 0 Å². The molecule has 0 fully saturated rings. The molecule has 1 aromatic rings. The van der Waals surface area contributed by atoms with E-state index >= 15 is 0 Å². The average molecular weight is 406 g/mol. The van der Waals surface area contributed by atoms with E-state index in [1.54, 1.807) is 0 Å². The topological polar surface area (TPSA) is 29.5 Å². The molecule has 1 rings (SSSR count). The Balaban J connectivity index is 2.54. The van der Waals surface area contributed by atoms with Crippen LogP contribution in [-0.4, -0.2) is 62.2 Å². The Kier molecular flexibility index (Phi) is 11.3. The number of hydrogen-bond acceptors (Lipinski definition) is 2. The number of quaternary nitrogens is 1. The second kappa shape index (κ2) is 12.9. The van der Waals surface area contributed by atoms with E-state index in [1.807, 2.05) is 0 Å². The molecule has 0 saturated heterocycles. The summed E-state index contributed by atoms with van der Waals surface area (Å²) in [6, 6.07) is 6.46. The molecule has 166 valence electrons. The zero-order chi connectivity index (χ0) is 21.9. The van der Waals surface area contributed by atoms with Gasteiger partial charge in [0.25, 0.3) is 5.91 Å². The number of hydrogen-bond donors (Lipinski definition) is 0. The van der Waals surface area contributed by atoms with Gasteiger partial charge in [0.1, 0.15) is 5.75 Å². The van der Waals surface area contributed by atoms with Crippen molar-refractivity contribution in [2.24, 2.45) is 0 Å². The molecule has 29 heavy (non-hydrogen) atoms. The van der Waals surface area contributed by atoms with Crippen LogP contribution >= 0.6 is 0 Å². The lowest BCUT2D eigenvalue weighted by atomic mass is 10.0. The summed E-state index contributed by atoms with van der Waals surface area (Å²) in [4.78, 5) is 14.9. The largest absolute Gasteiger partial charge is 0.493 e. The fourth-order valence-electron chi connectivity index (χ4n) is 3.52. The zero-order valence-corrected chi connectivity index (χ0v) is 20.1. The molecule has 4 nitrogen and oxygen atoms in total. The molecule has 0 N–H and O–H groups in total. The number of aryl methyl sites for hydroxylation is 1. The Morgan fingerprint density at radius 1 is 1.07 bits per heavy atom. The van der Waals surface area contributed by atoms with Gasteiger partial charge in [0.05, 0.1) is 27.2 Å². The van der Waals surface area contributed by atoms with Gasteiger partial charge in [-0.3, -0.25) is 4.79 Å². The molecule has 0 spiro atoms. The van der Waals surface area contributed by atoms with Crippen molar-refractivity contribution >= 4 is 5.91 Å². The van der Waals surface area contributed by atoms with Crippen LogP contribution in [0.3, 0.4) is 0 Å². The van der Waals surface area contributed by atoms with Crippen LogP contribution in [0.25, 0.3) is 0 Å². The van der Waals surface area contributed by atoms with Gasteiger partial charge < -0.3 is 14.1 Å². The van der Waals surface area contributed by atoms with Crippen LogP contribution in [0.5, 0.6) is 5.75 Å². The summed E-state index contributed by atoms with van der Waals surface area (Å²) in [7, 11) is 4.31. The van der Waals surface area contributed by atoms with Crippen LogP contribution in [0.15, 0.2) is 18.2 Å². The maximum Gasteiger partial charge on any atom is 0.277 e. The van der Waals surface area contributed by atoms with Gasteiger partial charge in [-0.25, -0.2) is 0 Å². The van der Waals surface area contributed by atoms with Crippen molar-refractivity contribution < 1.29 is 14.0 Å². The van der Waals surface area contributed by atoms with Gasteiger partial charge in [0.2, 0.25) is 0 Å². The van der Waals surface area contributed by atoms with E-state index in [1.165, 1.54) is 11.1 Å². The maximum atomic E-state index is 12.9. The molecule has 0 heterocycles. The van der Waals surface area contributed by atoms with Crippen molar-refractivity contribution in [3.8, 4) is 5.75 Å². The summed E-state index contributed by atoms with van der Waals surface area (Å²) in [5, 5.41) is 0. The minimum atomic E-state index is 0.290. The van der Waals surface area contributed by atoms with E-state index in [0.717, 1.165) is 57.5 Å². The second-order valence-corrected chi connectivity index (χ2v) is 9.30. The fraction of sp³-hybridized carbons (Fsp3) is 0.720. The van der Waals surface area contributed by atoms with Gasteiger partial charge in [-0.15, -0.1) is 0 Å². The molecule has 0 aliphatic rings. The lowest BCUT2D eigenvalue weighted by Gasteiger charge is -2.32. The number of nitrogens with zero attached hydrogens (tertiary/aromatic N) is 2. The standard InChI is InChI=1S/C25H45N2O2/c1-8-10-15-26(16-11-9-2)25(28)20-27(6,7)17-12-18-29-24-19-22(5)13-14-23(24)21(3)4/h13-14,19,21H,8-12,15-18,20H2,1-7H3/q+1. The van der Waals surface area contributed by atoms with Crippen molar-refractivity contribution in [1.29, 1.82) is 0 Å². The minimum Gasteiger partial charge on any atom is -0.493 e. The highest BCUT2D eigenvalue weighted by Gasteiger charge is 2.24. The maximum absolute atomic E-state index is 12.9. The molecule has 4 heteroatoms. The Labute approximate surface area is 179 Å². The van der Waals surface area contributed by atoms with E-state index < -0.39 is 0 Å². The van der Waals surface area contributed by atoms with Crippen molar-refractivity contribution in [3.63, 3.8) is 0 Å². The number of carbonyl (C=O) groups is 1. The van der Waals surface area contributed by atoms with Crippen LogP contribution in [-0.2, 0) is 4.79 Å². The van der Waals surface area contributed by atoms with Crippen molar-refractivity contribution in [2.45, 2.75) is 72.6 Å². The summed E-state index contributed by atoms with van der Waals surface area (Å²) in [6.45, 7) is 14.8. The quantitative estimate of drug-likeness (QED) is 0.307. The van der Waals surface area contributed by atoms with Crippen molar-refractivity contribution in [3.05, 3.63) is 29.3 Å². The highest BCUT2D eigenvalue weighted by Crippen LogP contribution is 2.27. The van der Waals surface area contributed by atoms with Gasteiger partial charge in [0.15, 0.2) is 6.54 Å². The Bertz CT molecular complexity index is 603. The number of unbranched alkanes of at least 4 members (excludes halogenated alkanes) is 2. The third-order valence-corrected chi connectivity index (χ3v) is 5.44. The third kappa shape index (κ3) is 9.66. The number of benzene rings is 1. The molecule has 0 radical (unpaired) electrons.